The smallest absolute Gasteiger partial charge is 0.257 e. The second kappa shape index (κ2) is 7.25. The largest absolute Gasteiger partial charge is 0.455 e. The van der Waals surface area contributed by atoms with E-state index in [1.807, 2.05) is 55.5 Å². The Morgan fingerprint density at radius 1 is 0.963 bits per heavy atom. The number of nitrogens with zero attached hydrogens (tertiary/aromatic N) is 2. The SMILES string of the molecule is Cc1ccncc1C(=O)Nc1ccc(Oc2cccc3cccnc23)cc1. The van der Waals surface area contributed by atoms with E-state index in [1.165, 1.54) is 0 Å². The average Bonchev–Trinajstić information content (AvgIpc) is 2.70. The molecule has 2 aromatic carbocycles. The lowest BCUT2D eigenvalue weighted by Crippen LogP contribution is -2.13. The van der Waals surface area contributed by atoms with E-state index >= 15 is 0 Å². The van der Waals surface area contributed by atoms with Crippen LogP contribution in [0.1, 0.15) is 15.9 Å². The summed E-state index contributed by atoms with van der Waals surface area (Å²) >= 11 is 0. The molecule has 4 aromatic rings. The van der Waals surface area contributed by atoms with Crippen LogP contribution in [0.5, 0.6) is 11.5 Å². The summed E-state index contributed by atoms with van der Waals surface area (Å²) in [7, 11) is 0. The topological polar surface area (TPSA) is 64.1 Å². The van der Waals surface area contributed by atoms with Crippen LogP contribution in [-0.4, -0.2) is 15.9 Å². The van der Waals surface area contributed by atoms with Crippen molar-refractivity contribution in [1.29, 1.82) is 0 Å². The number of carbonyl (C=O) groups excluding carboxylic acids is 1. The van der Waals surface area contributed by atoms with Crippen molar-refractivity contribution in [2.45, 2.75) is 6.92 Å². The van der Waals surface area contributed by atoms with Gasteiger partial charge in [0.2, 0.25) is 0 Å². The predicted octanol–water partition coefficient (Wildman–Crippen LogP) is 4.98. The van der Waals surface area contributed by atoms with Crippen LogP contribution in [0.2, 0.25) is 0 Å². The molecule has 0 aliphatic heterocycles. The quantitative estimate of drug-likeness (QED) is 0.560. The summed E-state index contributed by atoms with van der Waals surface area (Å²) in [5, 5.41) is 3.89. The molecule has 4 rings (SSSR count). The highest BCUT2D eigenvalue weighted by molar-refractivity contribution is 6.05. The Balaban J connectivity index is 1.51. The van der Waals surface area contributed by atoms with Crippen molar-refractivity contribution in [3.63, 3.8) is 0 Å². The van der Waals surface area contributed by atoms with Gasteiger partial charge >= 0.3 is 0 Å². The van der Waals surface area contributed by atoms with Crippen LogP contribution in [0, 0.1) is 6.92 Å². The third-order valence-corrected chi connectivity index (χ3v) is 4.22. The molecular formula is C22H17N3O2. The van der Waals surface area contributed by atoms with Crippen molar-refractivity contribution >= 4 is 22.5 Å². The lowest BCUT2D eigenvalue weighted by atomic mass is 10.1. The summed E-state index contributed by atoms with van der Waals surface area (Å²) in [4.78, 5) is 20.8. The summed E-state index contributed by atoms with van der Waals surface area (Å²) in [5.74, 6) is 1.17. The maximum atomic E-state index is 12.4. The number of aryl methyl sites for hydroxylation is 1. The number of para-hydroxylation sites is 1. The number of amides is 1. The number of nitrogens with one attached hydrogen (secondary N) is 1. The Hall–Kier alpha value is -3.73. The van der Waals surface area contributed by atoms with Gasteiger partial charge in [-0.15, -0.1) is 0 Å². The number of pyridine rings is 2. The first-order valence-electron chi connectivity index (χ1n) is 8.54. The summed E-state index contributed by atoms with van der Waals surface area (Å²) < 4.78 is 5.97. The number of benzene rings is 2. The van der Waals surface area contributed by atoms with Crippen molar-refractivity contribution in [3.05, 3.63) is 90.4 Å². The summed E-state index contributed by atoms with van der Waals surface area (Å²) in [5.41, 5.74) is 2.93. The third-order valence-electron chi connectivity index (χ3n) is 4.22. The van der Waals surface area contributed by atoms with Gasteiger partial charge in [-0.25, -0.2) is 0 Å². The summed E-state index contributed by atoms with van der Waals surface area (Å²) in [6.45, 7) is 1.88. The number of rotatable bonds is 4. The van der Waals surface area contributed by atoms with Gasteiger partial charge in [0.05, 0.1) is 5.56 Å². The highest BCUT2D eigenvalue weighted by atomic mass is 16.5. The summed E-state index contributed by atoms with van der Waals surface area (Å²) in [6, 6.07) is 18.7. The molecule has 5 heteroatoms. The Labute approximate surface area is 156 Å². The van der Waals surface area contributed by atoms with E-state index in [9.17, 15) is 4.79 Å². The van der Waals surface area contributed by atoms with Gasteiger partial charge in [-0.1, -0.05) is 18.2 Å². The molecule has 0 aliphatic carbocycles. The summed E-state index contributed by atoms with van der Waals surface area (Å²) in [6.07, 6.45) is 4.98. The van der Waals surface area contributed by atoms with Crippen molar-refractivity contribution in [1.82, 2.24) is 9.97 Å². The standard InChI is InChI=1S/C22H17N3O2/c1-15-11-13-23-14-19(15)22(26)25-17-7-9-18(10-8-17)27-20-6-2-4-16-5-3-12-24-21(16)20/h2-14H,1H3,(H,25,26). The van der Waals surface area contributed by atoms with Gasteiger partial charge in [0, 0.05) is 29.7 Å². The number of carbonyl (C=O) groups is 1. The Morgan fingerprint density at radius 2 is 1.78 bits per heavy atom. The normalized spacial score (nSPS) is 10.6. The molecule has 0 bridgehead atoms. The van der Waals surface area contributed by atoms with Gasteiger partial charge in [0.15, 0.2) is 5.75 Å². The van der Waals surface area contributed by atoms with Gasteiger partial charge in [-0.2, -0.15) is 0 Å². The minimum absolute atomic E-state index is 0.187. The van der Waals surface area contributed by atoms with E-state index in [0.717, 1.165) is 16.5 Å². The van der Waals surface area contributed by atoms with Gasteiger partial charge in [-0.05, 0) is 55.0 Å². The molecular weight excluding hydrogens is 338 g/mol. The monoisotopic (exact) mass is 355 g/mol. The molecule has 2 heterocycles. The first-order valence-corrected chi connectivity index (χ1v) is 8.54. The molecule has 0 radical (unpaired) electrons. The molecule has 0 saturated heterocycles. The van der Waals surface area contributed by atoms with E-state index in [0.29, 0.717) is 22.7 Å². The second-order valence-electron chi connectivity index (χ2n) is 6.10. The van der Waals surface area contributed by atoms with Gasteiger partial charge in [0.25, 0.3) is 5.91 Å². The number of aromatic nitrogens is 2. The Kier molecular flexibility index (Phi) is 4.49. The average molecular weight is 355 g/mol. The molecule has 0 fully saturated rings. The third kappa shape index (κ3) is 3.62. The molecule has 0 atom stereocenters. The van der Waals surface area contributed by atoms with Crippen LogP contribution in [-0.2, 0) is 0 Å². The molecule has 5 nitrogen and oxygen atoms in total. The highest BCUT2D eigenvalue weighted by Crippen LogP contribution is 2.29. The molecule has 1 amide bonds. The first-order chi connectivity index (χ1) is 13.2. The molecule has 0 saturated carbocycles. The van der Waals surface area contributed by atoms with Crippen molar-refractivity contribution < 1.29 is 9.53 Å². The second-order valence-corrected chi connectivity index (χ2v) is 6.10. The van der Waals surface area contributed by atoms with E-state index in [2.05, 4.69) is 15.3 Å². The maximum Gasteiger partial charge on any atom is 0.257 e. The van der Waals surface area contributed by atoms with E-state index in [1.54, 1.807) is 30.7 Å². The van der Waals surface area contributed by atoms with Crippen LogP contribution in [0.3, 0.4) is 0 Å². The molecule has 0 unspecified atom stereocenters. The predicted molar refractivity (Wildman–Crippen MR) is 105 cm³/mol. The first kappa shape index (κ1) is 16.7. The van der Waals surface area contributed by atoms with E-state index in [-0.39, 0.29) is 5.91 Å². The van der Waals surface area contributed by atoms with E-state index in [4.69, 9.17) is 4.74 Å². The lowest BCUT2D eigenvalue weighted by molar-refractivity contribution is 0.102. The Morgan fingerprint density at radius 3 is 2.59 bits per heavy atom. The fraction of sp³-hybridized carbons (Fsp3) is 0.0455. The van der Waals surface area contributed by atoms with Crippen molar-refractivity contribution in [3.8, 4) is 11.5 Å². The van der Waals surface area contributed by atoms with Gasteiger partial charge < -0.3 is 10.1 Å². The number of fused-ring (bicyclic) bond motifs is 1. The molecule has 0 spiro atoms. The number of hydrogen-bond acceptors (Lipinski definition) is 4. The van der Waals surface area contributed by atoms with Crippen LogP contribution < -0.4 is 10.1 Å². The highest BCUT2D eigenvalue weighted by Gasteiger charge is 2.09. The fourth-order valence-electron chi connectivity index (χ4n) is 2.79. The number of ether oxygens (including phenoxy) is 1. The minimum Gasteiger partial charge on any atom is -0.455 e. The van der Waals surface area contributed by atoms with E-state index < -0.39 is 0 Å². The molecule has 1 N–H and O–H groups in total. The zero-order chi connectivity index (χ0) is 18.6. The van der Waals surface area contributed by atoms with Crippen LogP contribution >= 0.6 is 0 Å². The zero-order valence-corrected chi connectivity index (χ0v) is 14.7. The molecule has 27 heavy (non-hydrogen) atoms. The number of hydrogen-bond donors (Lipinski definition) is 1. The molecule has 0 aliphatic rings. The van der Waals surface area contributed by atoms with Gasteiger partial charge in [-0.3, -0.25) is 14.8 Å². The van der Waals surface area contributed by atoms with Crippen molar-refractivity contribution in [2.75, 3.05) is 5.32 Å². The number of anilines is 1. The van der Waals surface area contributed by atoms with Crippen LogP contribution in [0.25, 0.3) is 10.9 Å². The minimum atomic E-state index is -0.187. The molecule has 2 aromatic heterocycles. The Bertz CT molecular complexity index is 1100. The zero-order valence-electron chi connectivity index (χ0n) is 14.7. The van der Waals surface area contributed by atoms with Crippen LogP contribution in [0.4, 0.5) is 5.69 Å². The van der Waals surface area contributed by atoms with Gasteiger partial charge in [0.1, 0.15) is 11.3 Å². The maximum absolute atomic E-state index is 12.4. The lowest BCUT2D eigenvalue weighted by Gasteiger charge is -2.10. The van der Waals surface area contributed by atoms with Crippen LogP contribution in [0.15, 0.2) is 79.3 Å². The molecule has 132 valence electrons. The fourth-order valence-corrected chi connectivity index (χ4v) is 2.79. The van der Waals surface area contributed by atoms with Crippen molar-refractivity contribution in [2.24, 2.45) is 0 Å².